The highest BCUT2D eigenvalue weighted by molar-refractivity contribution is 6.00. The number of amides is 1. The van der Waals surface area contributed by atoms with Crippen molar-refractivity contribution in [2.45, 2.75) is 6.42 Å². The molecule has 2 heterocycles. The number of hydrogen-bond acceptors (Lipinski definition) is 2. The van der Waals surface area contributed by atoms with E-state index >= 15 is 0 Å². The molecule has 1 amide bonds. The van der Waals surface area contributed by atoms with Crippen molar-refractivity contribution in [1.82, 2.24) is 10.6 Å². The Morgan fingerprint density at radius 2 is 2.21 bits per heavy atom. The van der Waals surface area contributed by atoms with Crippen molar-refractivity contribution in [2.24, 2.45) is 0 Å². The minimum absolute atomic E-state index is 0.0205. The quantitative estimate of drug-likeness (QED) is 0.586. The number of allylic oxidation sites excluding steroid dienone is 3. The molecular formula is C11H10N2O. The Morgan fingerprint density at radius 1 is 1.29 bits per heavy atom. The summed E-state index contributed by atoms with van der Waals surface area (Å²) >= 11 is 0. The van der Waals surface area contributed by atoms with Crippen LogP contribution in [0.4, 0.5) is 0 Å². The molecule has 0 saturated carbocycles. The van der Waals surface area contributed by atoms with Crippen LogP contribution in [0, 0.1) is 0 Å². The van der Waals surface area contributed by atoms with Crippen molar-refractivity contribution in [2.75, 3.05) is 6.54 Å². The zero-order valence-electron chi connectivity index (χ0n) is 7.63. The summed E-state index contributed by atoms with van der Waals surface area (Å²) in [6, 6.07) is 0. The zero-order valence-corrected chi connectivity index (χ0v) is 7.63. The highest BCUT2D eigenvalue weighted by Gasteiger charge is 2.25. The van der Waals surface area contributed by atoms with Gasteiger partial charge in [-0.25, -0.2) is 0 Å². The number of hydrogen-bond donors (Lipinski definition) is 2. The summed E-state index contributed by atoms with van der Waals surface area (Å²) in [6.07, 6.45) is 8.60. The molecule has 1 aliphatic carbocycles. The predicted octanol–water partition coefficient (Wildman–Crippen LogP) is 0.744. The van der Waals surface area contributed by atoms with E-state index in [1.807, 2.05) is 18.4 Å². The molecule has 70 valence electrons. The average Bonchev–Trinajstić information content (AvgIpc) is 2.60. The molecule has 0 atom stereocenters. The van der Waals surface area contributed by atoms with Crippen molar-refractivity contribution in [3.63, 3.8) is 0 Å². The van der Waals surface area contributed by atoms with Crippen LogP contribution in [0.1, 0.15) is 6.42 Å². The summed E-state index contributed by atoms with van der Waals surface area (Å²) in [5.74, 6) is 0.0205. The second-order valence-electron chi connectivity index (χ2n) is 3.62. The summed E-state index contributed by atoms with van der Waals surface area (Å²) in [4.78, 5) is 11.7. The van der Waals surface area contributed by atoms with E-state index in [2.05, 4.69) is 16.7 Å². The summed E-state index contributed by atoms with van der Waals surface area (Å²) in [5, 5.41) is 6.04. The van der Waals surface area contributed by atoms with Gasteiger partial charge < -0.3 is 10.6 Å². The van der Waals surface area contributed by atoms with E-state index in [4.69, 9.17) is 0 Å². The largest absolute Gasteiger partial charge is 0.387 e. The van der Waals surface area contributed by atoms with E-state index in [0.717, 1.165) is 29.8 Å². The Labute approximate surface area is 81.9 Å². The monoisotopic (exact) mass is 186 g/mol. The molecule has 0 spiro atoms. The van der Waals surface area contributed by atoms with Crippen molar-refractivity contribution in [3.8, 4) is 0 Å². The summed E-state index contributed by atoms with van der Waals surface area (Å²) in [5.41, 5.74) is 4.20. The molecule has 2 bridgehead atoms. The Kier molecular flexibility index (Phi) is 1.42. The van der Waals surface area contributed by atoms with E-state index in [0.29, 0.717) is 0 Å². The molecule has 0 aromatic heterocycles. The van der Waals surface area contributed by atoms with Gasteiger partial charge in [0.05, 0.1) is 0 Å². The Bertz CT molecular complexity index is 438. The van der Waals surface area contributed by atoms with Crippen LogP contribution in [0.2, 0.25) is 0 Å². The summed E-state index contributed by atoms with van der Waals surface area (Å²) < 4.78 is 0. The van der Waals surface area contributed by atoms with E-state index in [1.165, 1.54) is 5.57 Å². The molecule has 3 aliphatic rings. The summed E-state index contributed by atoms with van der Waals surface area (Å²) in [6.45, 7) is 0.756. The fraction of sp³-hybridized carbons (Fsp3) is 0.182. The third kappa shape index (κ3) is 0.954. The van der Waals surface area contributed by atoms with Crippen molar-refractivity contribution >= 4 is 5.91 Å². The van der Waals surface area contributed by atoms with Gasteiger partial charge in [0.1, 0.15) is 0 Å². The number of carbonyl (C=O) groups is 1. The van der Waals surface area contributed by atoms with Gasteiger partial charge in [-0.3, -0.25) is 4.79 Å². The van der Waals surface area contributed by atoms with Crippen molar-refractivity contribution in [3.05, 3.63) is 46.8 Å². The first kappa shape index (κ1) is 7.62. The standard InChI is InChI=1S/C11H10N2O/c14-11-9-3-4-12-6-10(9)7-1-2-8(5-7)13-11/h1-4,12H,5-6H2,(H,13,14). The van der Waals surface area contributed by atoms with Gasteiger partial charge in [-0.2, -0.15) is 0 Å². The van der Waals surface area contributed by atoms with Gasteiger partial charge in [0.2, 0.25) is 0 Å². The minimum Gasteiger partial charge on any atom is -0.387 e. The van der Waals surface area contributed by atoms with Crippen molar-refractivity contribution in [1.29, 1.82) is 0 Å². The third-order valence-electron chi connectivity index (χ3n) is 2.74. The second kappa shape index (κ2) is 2.61. The minimum atomic E-state index is 0.0205. The maximum Gasteiger partial charge on any atom is 0.255 e. The molecule has 0 fully saturated rings. The number of fused-ring (bicyclic) bond motifs is 3. The molecule has 3 heteroatoms. The fourth-order valence-corrected chi connectivity index (χ4v) is 2.03. The Hall–Kier alpha value is -1.77. The lowest BCUT2D eigenvalue weighted by atomic mass is 9.98. The first-order valence-corrected chi connectivity index (χ1v) is 4.69. The van der Waals surface area contributed by atoms with Gasteiger partial charge in [-0.15, -0.1) is 0 Å². The van der Waals surface area contributed by atoms with Crippen molar-refractivity contribution < 1.29 is 4.79 Å². The van der Waals surface area contributed by atoms with Gasteiger partial charge >= 0.3 is 0 Å². The fourth-order valence-electron chi connectivity index (χ4n) is 2.03. The van der Waals surface area contributed by atoms with E-state index in [-0.39, 0.29) is 5.91 Å². The van der Waals surface area contributed by atoms with Gasteiger partial charge in [0, 0.05) is 24.2 Å². The molecule has 0 aromatic rings. The molecule has 2 aliphatic heterocycles. The molecular weight excluding hydrogens is 176 g/mol. The maximum atomic E-state index is 11.7. The van der Waals surface area contributed by atoms with Gasteiger partial charge in [0.25, 0.3) is 5.91 Å². The van der Waals surface area contributed by atoms with Crippen LogP contribution in [-0.4, -0.2) is 12.5 Å². The molecule has 3 nitrogen and oxygen atoms in total. The van der Waals surface area contributed by atoms with Crippen LogP contribution in [0.5, 0.6) is 0 Å². The van der Waals surface area contributed by atoms with E-state index < -0.39 is 0 Å². The van der Waals surface area contributed by atoms with Gasteiger partial charge in [-0.05, 0) is 29.5 Å². The lowest BCUT2D eigenvalue weighted by Gasteiger charge is -2.15. The SMILES string of the molecule is O=C1NC2=CC=C(C2)C2=C1C=CNC2. The zero-order chi connectivity index (χ0) is 9.54. The molecule has 0 aromatic carbocycles. The molecule has 0 saturated heterocycles. The molecule has 14 heavy (non-hydrogen) atoms. The molecule has 0 radical (unpaired) electrons. The number of nitrogens with one attached hydrogen (secondary N) is 2. The molecule has 3 rings (SSSR count). The van der Waals surface area contributed by atoms with Gasteiger partial charge in [0.15, 0.2) is 0 Å². The predicted molar refractivity (Wildman–Crippen MR) is 53.1 cm³/mol. The van der Waals surface area contributed by atoms with Crippen LogP contribution in [0.15, 0.2) is 46.8 Å². The number of dihydropyridines is 1. The molecule has 2 N–H and O–H groups in total. The first-order valence-electron chi connectivity index (χ1n) is 4.69. The van der Waals surface area contributed by atoms with Crippen LogP contribution >= 0.6 is 0 Å². The molecule has 0 unspecified atom stereocenters. The summed E-state index contributed by atoms with van der Waals surface area (Å²) in [7, 11) is 0. The lowest BCUT2D eigenvalue weighted by molar-refractivity contribution is -0.116. The van der Waals surface area contributed by atoms with E-state index in [9.17, 15) is 4.79 Å². The Morgan fingerprint density at radius 3 is 3.14 bits per heavy atom. The smallest absolute Gasteiger partial charge is 0.255 e. The second-order valence-corrected chi connectivity index (χ2v) is 3.62. The third-order valence-corrected chi connectivity index (χ3v) is 2.74. The van der Waals surface area contributed by atoms with Crippen LogP contribution < -0.4 is 10.6 Å². The van der Waals surface area contributed by atoms with Crippen LogP contribution in [-0.2, 0) is 4.79 Å². The first-order chi connectivity index (χ1) is 6.84. The topological polar surface area (TPSA) is 41.1 Å². The van der Waals surface area contributed by atoms with Crippen LogP contribution in [0.25, 0.3) is 0 Å². The number of rotatable bonds is 0. The van der Waals surface area contributed by atoms with Gasteiger partial charge in [-0.1, -0.05) is 6.08 Å². The van der Waals surface area contributed by atoms with E-state index in [1.54, 1.807) is 0 Å². The lowest BCUT2D eigenvalue weighted by Crippen LogP contribution is -2.25. The Balaban J connectivity index is 2.16. The van der Waals surface area contributed by atoms with Crippen LogP contribution in [0.3, 0.4) is 0 Å². The highest BCUT2D eigenvalue weighted by atomic mass is 16.1. The normalized spacial score (nSPS) is 23.3. The highest BCUT2D eigenvalue weighted by Crippen LogP contribution is 2.30. The average molecular weight is 186 g/mol. The maximum absolute atomic E-state index is 11.7. The number of carbonyl (C=O) groups excluding carboxylic acids is 1.